The number of hydrogen-bond acceptors (Lipinski definition) is 5. The van der Waals surface area contributed by atoms with Crippen molar-refractivity contribution in [3.8, 4) is 0 Å². The smallest absolute Gasteiger partial charge is 0.191 e. The number of pyridine rings is 1. The summed E-state index contributed by atoms with van der Waals surface area (Å²) in [6.45, 7) is 2.16. The number of thioether (sulfide) groups is 1. The minimum Gasteiger partial charge on any atom is -0.312 e. The van der Waals surface area contributed by atoms with Gasteiger partial charge in [0.1, 0.15) is 12.0 Å². The van der Waals surface area contributed by atoms with Crippen LogP contribution in [0.1, 0.15) is 40.2 Å². The number of carbonyl (C=O) groups excluding carboxylic acids is 1. The fourth-order valence-electron chi connectivity index (χ4n) is 3.31. The van der Waals surface area contributed by atoms with E-state index in [2.05, 4.69) is 34.2 Å². The largest absolute Gasteiger partial charge is 0.312 e. The van der Waals surface area contributed by atoms with E-state index in [1.165, 1.54) is 5.56 Å². The molecule has 0 fully saturated rings. The van der Waals surface area contributed by atoms with Crippen LogP contribution in [-0.2, 0) is 13.5 Å². The average Bonchev–Trinajstić information content (AvgIpc) is 3.16. The van der Waals surface area contributed by atoms with Gasteiger partial charge in [0.25, 0.3) is 0 Å². The Bertz CT molecular complexity index is 1150. The van der Waals surface area contributed by atoms with Crippen molar-refractivity contribution in [2.75, 3.05) is 0 Å². The van der Waals surface area contributed by atoms with Crippen LogP contribution in [0.2, 0.25) is 0 Å². The SMILES string of the molecule is CCC(Sc1nncn1C)c1cccc(CC(=O)c2cc3ccccc3cn2)c1. The topological polar surface area (TPSA) is 60.7 Å². The van der Waals surface area contributed by atoms with Gasteiger partial charge in [-0.25, -0.2) is 0 Å². The highest BCUT2D eigenvalue weighted by Crippen LogP contribution is 2.36. The fraction of sp³-hybridized carbons (Fsp3) is 0.217. The van der Waals surface area contributed by atoms with Crippen LogP contribution in [-0.4, -0.2) is 25.5 Å². The Labute approximate surface area is 174 Å². The summed E-state index contributed by atoms with van der Waals surface area (Å²) in [5, 5.41) is 11.3. The normalized spacial score (nSPS) is 12.2. The zero-order valence-corrected chi connectivity index (χ0v) is 17.3. The lowest BCUT2D eigenvalue weighted by atomic mass is 10.0. The Morgan fingerprint density at radius 2 is 1.93 bits per heavy atom. The van der Waals surface area contributed by atoms with Crippen molar-refractivity contribution < 1.29 is 4.79 Å². The van der Waals surface area contributed by atoms with Crippen molar-refractivity contribution in [1.29, 1.82) is 0 Å². The number of rotatable bonds is 7. The maximum Gasteiger partial charge on any atom is 0.191 e. The predicted molar refractivity (Wildman–Crippen MR) is 116 cm³/mol. The van der Waals surface area contributed by atoms with E-state index < -0.39 is 0 Å². The van der Waals surface area contributed by atoms with E-state index in [9.17, 15) is 4.79 Å². The lowest BCUT2D eigenvalue weighted by molar-refractivity contribution is 0.0988. The van der Waals surface area contributed by atoms with Gasteiger partial charge in [0.05, 0.1) is 0 Å². The molecule has 2 aromatic heterocycles. The van der Waals surface area contributed by atoms with Gasteiger partial charge >= 0.3 is 0 Å². The maximum atomic E-state index is 12.8. The van der Waals surface area contributed by atoms with Crippen LogP contribution in [0.5, 0.6) is 0 Å². The minimum atomic E-state index is 0.0295. The summed E-state index contributed by atoms with van der Waals surface area (Å²) in [5.74, 6) is 0.0295. The van der Waals surface area contributed by atoms with Crippen molar-refractivity contribution in [2.24, 2.45) is 7.05 Å². The number of Topliss-reactive ketones (excluding diaryl/α,β-unsaturated/α-hetero) is 1. The van der Waals surface area contributed by atoms with Gasteiger partial charge < -0.3 is 4.57 Å². The molecule has 0 N–H and O–H groups in total. The molecule has 0 bridgehead atoms. The van der Waals surface area contributed by atoms with Crippen molar-refractivity contribution >= 4 is 28.3 Å². The highest BCUT2D eigenvalue weighted by molar-refractivity contribution is 7.99. The zero-order valence-electron chi connectivity index (χ0n) is 16.4. The Hall–Kier alpha value is -2.99. The molecule has 0 radical (unpaired) electrons. The molecule has 4 rings (SSSR count). The molecule has 29 heavy (non-hydrogen) atoms. The Morgan fingerprint density at radius 1 is 1.10 bits per heavy atom. The summed E-state index contributed by atoms with van der Waals surface area (Å²) < 4.78 is 1.92. The Balaban J connectivity index is 1.53. The van der Waals surface area contributed by atoms with E-state index in [1.54, 1.807) is 24.3 Å². The molecule has 1 unspecified atom stereocenters. The lowest BCUT2D eigenvalue weighted by Crippen LogP contribution is -2.06. The molecule has 4 aromatic rings. The maximum absolute atomic E-state index is 12.8. The van der Waals surface area contributed by atoms with Gasteiger partial charge in [0.15, 0.2) is 10.9 Å². The molecule has 2 heterocycles. The molecular weight excluding hydrogens is 380 g/mol. The number of hydrogen-bond donors (Lipinski definition) is 0. The molecule has 0 aliphatic rings. The predicted octanol–water partition coefficient (Wildman–Crippen LogP) is 5.03. The van der Waals surface area contributed by atoms with Gasteiger partial charge in [-0.3, -0.25) is 9.78 Å². The standard InChI is InChI=1S/C23H22N4OS/c1-3-22(29-23-26-25-15-27(23)2)18-10-6-7-16(11-18)12-21(28)20-13-17-8-4-5-9-19(17)14-24-20/h4-11,13-15,22H,3,12H2,1-2H3. The van der Waals surface area contributed by atoms with Gasteiger partial charge in [-0.1, -0.05) is 67.2 Å². The summed E-state index contributed by atoms with van der Waals surface area (Å²) in [6, 6.07) is 18.1. The molecule has 2 aromatic carbocycles. The Morgan fingerprint density at radius 3 is 2.69 bits per heavy atom. The number of carbonyl (C=O) groups is 1. The zero-order chi connectivity index (χ0) is 20.2. The van der Waals surface area contributed by atoms with Gasteiger partial charge in [0.2, 0.25) is 0 Å². The molecule has 0 saturated heterocycles. The number of aryl methyl sites for hydroxylation is 1. The molecular formula is C23H22N4OS. The first-order valence-electron chi connectivity index (χ1n) is 9.61. The third-order valence-electron chi connectivity index (χ3n) is 4.89. The van der Waals surface area contributed by atoms with Crippen molar-refractivity contribution in [3.05, 3.63) is 83.9 Å². The molecule has 0 aliphatic heterocycles. The van der Waals surface area contributed by atoms with Gasteiger partial charge in [-0.15, -0.1) is 10.2 Å². The highest BCUT2D eigenvalue weighted by atomic mass is 32.2. The lowest BCUT2D eigenvalue weighted by Gasteiger charge is -2.15. The monoisotopic (exact) mass is 402 g/mol. The van der Waals surface area contributed by atoms with E-state index in [0.717, 1.165) is 27.9 Å². The summed E-state index contributed by atoms with van der Waals surface area (Å²) in [7, 11) is 1.95. The van der Waals surface area contributed by atoms with E-state index in [0.29, 0.717) is 12.1 Å². The number of aromatic nitrogens is 4. The first kappa shape index (κ1) is 19.3. The van der Waals surface area contributed by atoms with Gasteiger partial charge in [0, 0.05) is 30.3 Å². The Kier molecular flexibility index (Phi) is 5.71. The molecule has 0 saturated carbocycles. The quantitative estimate of drug-likeness (QED) is 0.320. The van der Waals surface area contributed by atoms with Gasteiger partial charge in [-0.2, -0.15) is 0 Å². The van der Waals surface area contributed by atoms with Crippen LogP contribution in [0.25, 0.3) is 10.8 Å². The second kappa shape index (κ2) is 8.57. The van der Waals surface area contributed by atoms with Crippen molar-refractivity contribution in [3.63, 3.8) is 0 Å². The van der Waals surface area contributed by atoms with E-state index >= 15 is 0 Å². The van der Waals surface area contributed by atoms with Crippen molar-refractivity contribution in [1.82, 2.24) is 19.7 Å². The summed E-state index contributed by atoms with van der Waals surface area (Å²) >= 11 is 1.69. The molecule has 146 valence electrons. The van der Waals surface area contributed by atoms with Crippen LogP contribution < -0.4 is 0 Å². The number of nitrogens with zero attached hydrogens (tertiary/aromatic N) is 4. The van der Waals surface area contributed by atoms with Crippen LogP contribution >= 0.6 is 11.8 Å². The first-order chi connectivity index (χ1) is 14.1. The third kappa shape index (κ3) is 4.38. The molecule has 6 heteroatoms. The number of fused-ring (bicyclic) bond motifs is 1. The first-order valence-corrected chi connectivity index (χ1v) is 10.5. The molecule has 0 amide bonds. The second-order valence-corrected chi connectivity index (χ2v) is 8.17. The highest BCUT2D eigenvalue weighted by Gasteiger charge is 2.16. The average molecular weight is 403 g/mol. The third-order valence-corrected chi connectivity index (χ3v) is 6.36. The molecule has 0 aliphatic carbocycles. The molecule has 1 atom stereocenters. The van der Waals surface area contributed by atoms with Crippen molar-refractivity contribution in [2.45, 2.75) is 30.2 Å². The van der Waals surface area contributed by atoms with Crippen LogP contribution in [0, 0.1) is 0 Å². The number of benzene rings is 2. The van der Waals surface area contributed by atoms with E-state index in [1.807, 2.05) is 54.1 Å². The second-order valence-electron chi connectivity index (χ2n) is 7.00. The summed E-state index contributed by atoms with van der Waals surface area (Å²) in [4.78, 5) is 17.2. The van der Waals surface area contributed by atoms with Crippen LogP contribution in [0.3, 0.4) is 0 Å². The number of ketones is 1. The minimum absolute atomic E-state index is 0.0295. The van der Waals surface area contributed by atoms with E-state index in [4.69, 9.17) is 0 Å². The molecule has 0 spiro atoms. The van der Waals surface area contributed by atoms with Crippen LogP contribution in [0.15, 0.2) is 72.3 Å². The molecule has 5 nitrogen and oxygen atoms in total. The fourth-order valence-corrected chi connectivity index (χ4v) is 4.32. The summed E-state index contributed by atoms with van der Waals surface area (Å²) in [6.07, 6.45) is 4.77. The van der Waals surface area contributed by atoms with Crippen LogP contribution in [0.4, 0.5) is 0 Å². The van der Waals surface area contributed by atoms with Gasteiger partial charge in [-0.05, 0) is 29.0 Å². The van der Waals surface area contributed by atoms with E-state index in [-0.39, 0.29) is 11.0 Å². The summed E-state index contributed by atoms with van der Waals surface area (Å²) in [5.41, 5.74) is 2.70.